The van der Waals surface area contributed by atoms with E-state index in [0.717, 1.165) is 23.8 Å². The first-order chi connectivity index (χ1) is 8.34. The van der Waals surface area contributed by atoms with Gasteiger partial charge in [-0.05, 0) is 48.8 Å². The summed E-state index contributed by atoms with van der Waals surface area (Å²) in [7, 11) is 0. The van der Waals surface area contributed by atoms with Crippen LogP contribution in [0.25, 0.3) is 5.65 Å². The van der Waals surface area contributed by atoms with Crippen molar-refractivity contribution in [3.63, 3.8) is 0 Å². The predicted octanol–water partition coefficient (Wildman–Crippen LogP) is 2.72. The van der Waals surface area contributed by atoms with Crippen molar-refractivity contribution in [2.75, 3.05) is 11.5 Å². The number of aromatic nitrogens is 3. The molecule has 0 N–H and O–H groups in total. The van der Waals surface area contributed by atoms with Crippen LogP contribution >= 0.6 is 11.8 Å². The van der Waals surface area contributed by atoms with E-state index in [1.54, 1.807) is 0 Å². The molecule has 0 amide bonds. The number of pyridine rings is 1. The zero-order valence-corrected chi connectivity index (χ0v) is 10.9. The van der Waals surface area contributed by atoms with Crippen LogP contribution in [0.3, 0.4) is 0 Å². The molecule has 0 radical (unpaired) electrons. The number of rotatable bonds is 2. The Bertz CT molecular complexity index is 514. The Hall–Kier alpha value is -1.03. The van der Waals surface area contributed by atoms with Gasteiger partial charge in [-0.2, -0.15) is 11.8 Å². The van der Waals surface area contributed by atoms with Crippen molar-refractivity contribution in [2.24, 2.45) is 5.92 Å². The number of thioether (sulfide) groups is 1. The van der Waals surface area contributed by atoms with Crippen molar-refractivity contribution < 1.29 is 0 Å². The van der Waals surface area contributed by atoms with Crippen LogP contribution in [0.15, 0.2) is 18.3 Å². The molecule has 4 heteroatoms. The van der Waals surface area contributed by atoms with Crippen molar-refractivity contribution in [1.29, 1.82) is 0 Å². The fraction of sp³-hybridized carbons (Fsp3) is 0.538. The molecule has 0 spiro atoms. The quantitative estimate of drug-likeness (QED) is 0.817. The summed E-state index contributed by atoms with van der Waals surface area (Å²) >= 11 is 2.07. The average molecular weight is 247 g/mol. The van der Waals surface area contributed by atoms with Gasteiger partial charge in [0.15, 0.2) is 5.65 Å². The highest BCUT2D eigenvalue weighted by Crippen LogP contribution is 2.25. The van der Waals surface area contributed by atoms with Gasteiger partial charge in [0.1, 0.15) is 5.82 Å². The van der Waals surface area contributed by atoms with Crippen LogP contribution in [0, 0.1) is 12.8 Å². The molecule has 0 atom stereocenters. The van der Waals surface area contributed by atoms with E-state index < -0.39 is 0 Å². The third-order valence-electron chi connectivity index (χ3n) is 3.51. The maximum atomic E-state index is 4.36. The minimum Gasteiger partial charge on any atom is -0.286 e. The highest BCUT2D eigenvalue weighted by Gasteiger charge is 2.17. The van der Waals surface area contributed by atoms with E-state index in [9.17, 15) is 0 Å². The van der Waals surface area contributed by atoms with Crippen LogP contribution in [0.5, 0.6) is 0 Å². The Morgan fingerprint density at radius 3 is 3.00 bits per heavy atom. The molecule has 0 aliphatic carbocycles. The van der Waals surface area contributed by atoms with E-state index in [1.165, 1.54) is 29.9 Å². The van der Waals surface area contributed by atoms with Gasteiger partial charge >= 0.3 is 0 Å². The van der Waals surface area contributed by atoms with Crippen molar-refractivity contribution in [3.05, 3.63) is 29.7 Å². The highest BCUT2D eigenvalue weighted by molar-refractivity contribution is 7.99. The molecule has 3 rings (SSSR count). The first-order valence-corrected chi connectivity index (χ1v) is 7.37. The van der Waals surface area contributed by atoms with Gasteiger partial charge < -0.3 is 0 Å². The van der Waals surface area contributed by atoms with E-state index in [1.807, 2.05) is 0 Å². The monoisotopic (exact) mass is 247 g/mol. The van der Waals surface area contributed by atoms with Crippen molar-refractivity contribution in [1.82, 2.24) is 14.6 Å². The fourth-order valence-corrected chi connectivity index (χ4v) is 3.65. The molecular formula is C13H17N3S. The van der Waals surface area contributed by atoms with E-state index in [2.05, 4.69) is 51.6 Å². The number of fused-ring (bicyclic) bond motifs is 1. The van der Waals surface area contributed by atoms with Crippen LogP contribution in [-0.2, 0) is 6.42 Å². The standard InChI is InChI=1S/C13H17N3S/c1-10-3-2-6-16-12(14-15-13(10)16)9-11-4-7-17-8-5-11/h2-3,6,11H,4-5,7-9H2,1H3. The molecule has 1 aliphatic heterocycles. The van der Waals surface area contributed by atoms with Crippen LogP contribution in [-0.4, -0.2) is 26.1 Å². The number of hydrogen-bond donors (Lipinski definition) is 0. The van der Waals surface area contributed by atoms with Gasteiger partial charge in [0.2, 0.25) is 0 Å². The molecule has 0 unspecified atom stereocenters. The Morgan fingerprint density at radius 2 is 2.18 bits per heavy atom. The number of hydrogen-bond acceptors (Lipinski definition) is 3. The van der Waals surface area contributed by atoms with Crippen molar-refractivity contribution in [3.8, 4) is 0 Å². The Balaban J connectivity index is 1.87. The molecule has 1 saturated heterocycles. The van der Waals surface area contributed by atoms with E-state index in [0.29, 0.717) is 0 Å². The molecule has 0 aromatic carbocycles. The van der Waals surface area contributed by atoms with Gasteiger partial charge in [0.25, 0.3) is 0 Å². The van der Waals surface area contributed by atoms with E-state index in [4.69, 9.17) is 0 Å². The first-order valence-electron chi connectivity index (χ1n) is 6.21. The van der Waals surface area contributed by atoms with E-state index in [-0.39, 0.29) is 0 Å². The Morgan fingerprint density at radius 1 is 1.35 bits per heavy atom. The van der Waals surface area contributed by atoms with Crippen LogP contribution < -0.4 is 0 Å². The van der Waals surface area contributed by atoms with E-state index >= 15 is 0 Å². The maximum Gasteiger partial charge on any atom is 0.163 e. The van der Waals surface area contributed by atoms with Gasteiger partial charge in [0.05, 0.1) is 0 Å². The summed E-state index contributed by atoms with van der Waals surface area (Å²) in [5.41, 5.74) is 2.21. The smallest absolute Gasteiger partial charge is 0.163 e. The topological polar surface area (TPSA) is 30.2 Å². The summed E-state index contributed by atoms with van der Waals surface area (Å²) in [6.45, 7) is 2.09. The van der Waals surface area contributed by atoms with Gasteiger partial charge in [-0.1, -0.05) is 6.07 Å². The zero-order valence-electron chi connectivity index (χ0n) is 10.1. The molecule has 3 heterocycles. The molecule has 3 nitrogen and oxygen atoms in total. The lowest BCUT2D eigenvalue weighted by Gasteiger charge is -2.20. The molecule has 2 aromatic heterocycles. The Labute approximate surface area is 106 Å². The second kappa shape index (κ2) is 4.69. The summed E-state index contributed by atoms with van der Waals surface area (Å²) in [6.07, 6.45) is 5.80. The lowest BCUT2D eigenvalue weighted by atomic mass is 9.98. The third kappa shape index (κ3) is 2.18. The first kappa shape index (κ1) is 11.1. The minimum atomic E-state index is 0.796. The third-order valence-corrected chi connectivity index (χ3v) is 4.56. The maximum absolute atomic E-state index is 4.36. The van der Waals surface area contributed by atoms with Gasteiger partial charge in [-0.15, -0.1) is 10.2 Å². The van der Waals surface area contributed by atoms with Gasteiger partial charge in [0, 0.05) is 12.6 Å². The number of aryl methyl sites for hydroxylation is 1. The van der Waals surface area contributed by atoms with Crippen LogP contribution in [0.4, 0.5) is 0 Å². The molecule has 0 saturated carbocycles. The lowest BCUT2D eigenvalue weighted by Crippen LogP contribution is -2.13. The molecule has 1 fully saturated rings. The summed E-state index contributed by atoms with van der Waals surface area (Å²) in [5.74, 6) is 4.53. The SMILES string of the molecule is Cc1cccn2c(CC3CCSCC3)nnc12. The highest BCUT2D eigenvalue weighted by atomic mass is 32.2. The fourth-order valence-electron chi connectivity index (χ4n) is 2.45. The molecule has 90 valence electrons. The molecule has 17 heavy (non-hydrogen) atoms. The van der Waals surface area contributed by atoms with Crippen LogP contribution in [0.2, 0.25) is 0 Å². The lowest BCUT2D eigenvalue weighted by molar-refractivity contribution is 0.474. The Kier molecular flexibility index (Phi) is 3.05. The van der Waals surface area contributed by atoms with Crippen molar-refractivity contribution in [2.45, 2.75) is 26.2 Å². The van der Waals surface area contributed by atoms with Crippen LogP contribution in [0.1, 0.15) is 24.2 Å². The zero-order chi connectivity index (χ0) is 11.7. The molecular weight excluding hydrogens is 230 g/mol. The minimum absolute atomic E-state index is 0.796. The van der Waals surface area contributed by atoms with Crippen molar-refractivity contribution >= 4 is 17.4 Å². The summed E-state index contributed by atoms with van der Waals surface area (Å²) < 4.78 is 2.15. The predicted molar refractivity (Wildman–Crippen MR) is 71.5 cm³/mol. The summed E-state index contributed by atoms with van der Waals surface area (Å²) in [6, 6.07) is 4.16. The molecule has 1 aliphatic rings. The molecule has 0 bridgehead atoms. The second-order valence-corrected chi connectivity index (χ2v) is 5.99. The average Bonchev–Trinajstić information content (AvgIpc) is 2.76. The number of nitrogens with zero attached hydrogens (tertiary/aromatic N) is 3. The summed E-state index contributed by atoms with van der Waals surface area (Å²) in [4.78, 5) is 0. The second-order valence-electron chi connectivity index (χ2n) is 4.76. The summed E-state index contributed by atoms with van der Waals surface area (Å²) in [5, 5.41) is 8.65. The normalized spacial score (nSPS) is 17.7. The largest absolute Gasteiger partial charge is 0.286 e. The molecule has 2 aromatic rings. The van der Waals surface area contributed by atoms with Gasteiger partial charge in [-0.3, -0.25) is 4.40 Å². The van der Waals surface area contributed by atoms with Gasteiger partial charge in [-0.25, -0.2) is 0 Å².